The van der Waals surface area contributed by atoms with Crippen molar-refractivity contribution >= 4 is 23.1 Å². The molecule has 0 radical (unpaired) electrons. The van der Waals surface area contributed by atoms with Gasteiger partial charge in [0.2, 0.25) is 0 Å². The number of unbranched alkanes of at least 4 members (excludes halogenated alkanes) is 2. The van der Waals surface area contributed by atoms with Crippen LogP contribution in [-0.2, 0) is 23.7 Å². The van der Waals surface area contributed by atoms with E-state index in [1.807, 2.05) is 0 Å². The quantitative estimate of drug-likeness (QED) is 0.356. The van der Waals surface area contributed by atoms with E-state index < -0.39 is 0 Å². The van der Waals surface area contributed by atoms with Crippen LogP contribution in [0.5, 0.6) is 0 Å². The van der Waals surface area contributed by atoms with Crippen molar-refractivity contribution in [3.63, 3.8) is 0 Å². The fourth-order valence-corrected chi connectivity index (χ4v) is 2.99. The first-order valence-electron chi connectivity index (χ1n) is 10.6. The van der Waals surface area contributed by atoms with Gasteiger partial charge in [0, 0.05) is 0 Å². The van der Waals surface area contributed by atoms with Crippen molar-refractivity contribution < 1.29 is 0 Å². The molecule has 0 saturated heterocycles. The standard InChI is InChI=1S/2C13H21.Mg/c2*1-5-6-7-11-8-9-12(10-11)13(2,3)4;/h2*8-10H,5-7H2,1-4H3;/q2*-1;+2. The molecule has 2 aromatic carbocycles. The van der Waals surface area contributed by atoms with Crippen LogP contribution in [-0.4, -0.2) is 23.1 Å². The molecule has 0 saturated carbocycles. The van der Waals surface area contributed by atoms with Gasteiger partial charge in [-0.2, -0.15) is 46.5 Å². The van der Waals surface area contributed by atoms with Crippen LogP contribution in [0, 0.1) is 0 Å². The molecule has 0 aliphatic carbocycles. The zero-order chi connectivity index (χ0) is 19.8. The predicted octanol–water partition coefficient (Wildman–Crippen LogP) is 7.71. The maximum Gasteiger partial charge on any atom is 2.00 e. The molecule has 0 spiro atoms. The van der Waals surface area contributed by atoms with Crippen LogP contribution in [0.4, 0.5) is 0 Å². The molecule has 1 heteroatoms. The number of aryl methyl sites for hydroxylation is 2. The summed E-state index contributed by atoms with van der Waals surface area (Å²) in [4.78, 5) is 0. The fraction of sp³-hybridized carbons (Fsp3) is 0.615. The monoisotopic (exact) mass is 378 g/mol. The van der Waals surface area contributed by atoms with E-state index in [1.54, 1.807) is 0 Å². The normalized spacial score (nSPS) is 11.6. The van der Waals surface area contributed by atoms with E-state index in [1.165, 1.54) is 60.8 Å². The third-order valence-electron chi connectivity index (χ3n) is 5.01. The van der Waals surface area contributed by atoms with E-state index in [2.05, 4.69) is 91.8 Å². The van der Waals surface area contributed by atoms with Gasteiger partial charge in [-0.05, 0) is 0 Å². The SMILES string of the molecule is CCCC[c-]1ccc(C(C)(C)C)c1.CCCC[c-]1ccc(C(C)(C)C)c1.[Mg+2]. The van der Waals surface area contributed by atoms with E-state index in [9.17, 15) is 0 Å². The second-order valence-electron chi connectivity index (χ2n) is 9.72. The first-order valence-corrected chi connectivity index (χ1v) is 10.6. The number of hydrogen-bond donors (Lipinski definition) is 0. The third kappa shape index (κ3) is 9.99. The molecular formula is C26H42Mg. The molecule has 2 rings (SSSR count). The molecule has 2 aromatic rings. The van der Waals surface area contributed by atoms with Crippen molar-refractivity contribution in [2.45, 2.75) is 105 Å². The van der Waals surface area contributed by atoms with Crippen molar-refractivity contribution in [2.24, 2.45) is 0 Å². The Bertz CT molecular complexity index is 557. The Kier molecular flexibility index (Phi) is 11.9. The van der Waals surface area contributed by atoms with E-state index in [4.69, 9.17) is 0 Å². The van der Waals surface area contributed by atoms with Gasteiger partial charge in [-0.1, -0.05) is 105 Å². The molecule has 0 fully saturated rings. The maximum atomic E-state index is 2.36. The Morgan fingerprint density at radius 3 is 1.22 bits per heavy atom. The molecular weight excluding hydrogens is 337 g/mol. The van der Waals surface area contributed by atoms with Gasteiger partial charge in [0.25, 0.3) is 0 Å². The molecule has 0 unspecified atom stereocenters. The molecule has 27 heavy (non-hydrogen) atoms. The Morgan fingerprint density at radius 1 is 0.667 bits per heavy atom. The number of rotatable bonds is 6. The van der Waals surface area contributed by atoms with Gasteiger partial charge in [-0.3, -0.25) is 0 Å². The van der Waals surface area contributed by atoms with Gasteiger partial charge < -0.3 is 0 Å². The summed E-state index contributed by atoms with van der Waals surface area (Å²) in [7, 11) is 0. The van der Waals surface area contributed by atoms with E-state index in [0.717, 1.165) is 0 Å². The van der Waals surface area contributed by atoms with Gasteiger partial charge in [0.15, 0.2) is 0 Å². The molecule has 0 aliphatic rings. The van der Waals surface area contributed by atoms with E-state index in [0.29, 0.717) is 10.8 Å². The second-order valence-corrected chi connectivity index (χ2v) is 9.72. The average molecular weight is 379 g/mol. The summed E-state index contributed by atoms with van der Waals surface area (Å²) >= 11 is 0. The zero-order valence-electron chi connectivity index (χ0n) is 19.4. The fourth-order valence-electron chi connectivity index (χ4n) is 2.99. The van der Waals surface area contributed by atoms with Gasteiger partial charge in [-0.15, -0.1) is 0 Å². The zero-order valence-corrected chi connectivity index (χ0v) is 20.8. The molecule has 0 amide bonds. The van der Waals surface area contributed by atoms with Crippen LogP contribution in [0.1, 0.15) is 103 Å². The molecule has 0 heterocycles. The molecule has 0 aliphatic heterocycles. The minimum absolute atomic E-state index is 0. The minimum Gasteiger partial charge on any atom is -0.210 e. The average Bonchev–Trinajstić information content (AvgIpc) is 3.20. The summed E-state index contributed by atoms with van der Waals surface area (Å²) < 4.78 is 0. The first kappa shape index (κ1) is 26.5. The van der Waals surface area contributed by atoms with Crippen LogP contribution in [0.3, 0.4) is 0 Å². The molecule has 0 nitrogen and oxygen atoms in total. The van der Waals surface area contributed by atoms with Crippen molar-refractivity contribution in [2.75, 3.05) is 0 Å². The van der Waals surface area contributed by atoms with Crippen molar-refractivity contribution in [1.29, 1.82) is 0 Å². The van der Waals surface area contributed by atoms with Crippen LogP contribution in [0.15, 0.2) is 36.4 Å². The van der Waals surface area contributed by atoms with Crippen molar-refractivity contribution in [1.82, 2.24) is 0 Å². The summed E-state index contributed by atoms with van der Waals surface area (Å²) in [5, 5.41) is 0. The van der Waals surface area contributed by atoms with Crippen LogP contribution in [0.25, 0.3) is 0 Å². The third-order valence-corrected chi connectivity index (χ3v) is 5.01. The molecule has 148 valence electrons. The predicted molar refractivity (Wildman–Crippen MR) is 124 cm³/mol. The Balaban J connectivity index is 0.000000483. The number of hydrogen-bond acceptors (Lipinski definition) is 0. The van der Waals surface area contributed by atoms with Gasteiger partial charge in [0.1, 0.15) is 0 Å². The Labute approximate surface area is 186 Å². The van der Waals surface area contributed by atoms with Gasteiger partial charge >= 0.3 is 23.1 Å². The largest absolute Gasteiger partial charge is 2.00 e. The molecule has 0 N–H and O–H groups in total. The Morgan fingerprint density at radius 2 is 1.00 bits per heavy atom. The molecule has 0 bridgehead atoms. The Hall–Kier alpha value is -0.534. The minimum atomic E-state index is 0. The van der Waals surface area contributed by atoms with Gasteiger partial charge in [0.05, 0.1) is 0 Å². The molecule has 0 atom stereocenters. The summed E-state index contributed by atoms with van der Waals surface area (Å²) in [6.07, 6.45) is 7.69. The van der Waals surface area contributed by atoms with Crippen LogP contribution in [0.2, 0.25) is 0 Å². The summed E-state index contributed by atoms with van der Waals surface area (Å²) in [6.45, 7) is 18.1. The topological polar surface area (TPSA) is 0 Å². The van der Waals surface area contributed by atoms with E-state index in [-0.39, 0.29) is 23.1 Å². The first-order chi connectivity index (χ1) is 12.1. The summed E-state index contributed by atoms with van der Waals surface area (Å²) in [6, 6.07) is 13.8. The summed E-state index contributed by atoms with van der Waals surface area (Å²) in [5.41, 5.74) is 6.57. The van der Waals surface area contributed by atoms with Crippen molar-refractivity contribution in [3.8, 4) is 0 Å². The van der Waals surface area contributed by atoms with E-state index >= 15 is 0 Å². The smallest absolute Gasteiger partial charge is 0.210 e. The second kappa shape index (κ2) is 12.1. The van der Waals surface area contributed by atoms with Crippen LogP contribution < -0.4 is 0 Å². The summed E-state index contributed by atoms with van der Waals surface area (Å²) in [5.74, 6) is 0. The van der Waals surface area contributed by atoms with Crippen molar-refractivity contribution in [3.05, 3.63) is 58.7 Å². The van der Waals surface area contributed by atoms with Gasteiger partial charge in [-0.25, -0.2) is 12.1 Å². The van der Waals surface area contributed by atoms with Crippen LogP contribution >= 0.6 is 0 Å². The maximum absolute atomic E-state index is 2.36. The molecule has 0 aromatic heterocycles.